The fraction of sp³-hybridized carbons (Fsp3) is 0.400. The van der Waals surface area contributed by atoms with Crippen LogP contribution in [0.25, 0.3) is 0 Å². The summed E-state index contributed by atoms with van der Waals surface area (Å²) in [4.78, 5) is 28.6. The Bertz CT molecular complexity index is 995. The van der Waals surface area contributed by atoms with Gasteiger partial charge in [0.2, 0.25) is 10.0 Å². The van der Waals surface area contributed by atoms with E-state index in [0.29, 0.717) is 13.1 Å². The Morgan fingerprint density at radius 1 is 1.10 bits per heavy atom. The van der Waals surface area contributed by atoms with E-state index in [1.54, 1.807) is 11.9 Å². The van der Waals surface area contributed by atoms with Gasteiger partial charge in [-0.3, -0.25) is 9.69 Å². The summed E-state index contributed by atoms with van der Waals surface area (Å²) in [6, 6.07) is 11.4. The van der Waals surface area contributed by atoms with Crippen LogP contribution in [0.3, 0.4) is 0 Å². The number of nitrogens with one attached hydrogen (secondary N) is 1. The summed E-state index contributed by atoms with van der Waals surface area (Å²) >= 11 is 0. The fourth-order valence-corrected chi connectivity index (χ4v) is 4.09. The van der Waals surface area contributed by atoms with Gasteiger partial charge in [-0.15, -0.1) is 0 Å². The molecule has 1 aliphatic heterocycles. The first-order valence-electron chi connectivity index (χ1n) is 9.61. The zero-order chi connectivity index (χ0) is 21.7. The number of nitrogens with zero attached hydrogens (tertiary/aromatic N) is 3. The molecular weight excluding hydrogens is 408 g/mol. The van der Waals surface area contributed by atoms with E-state index in [4.69, 9.17) is 4.74 Å². The average molecular weight is 435 g/mol. The number of aryl methyl sites for hydroxylation is 1. The Balaban J connectivity index is 1.49. The van der Waals surface area contributed by atoms with Crippen molar-refractivity contribution in [2.24, 2.45) is 7.05 Å². The summed E-state index contributed by atoms with van der Waals surface area (Å²) in [5.74, 6) is -1.01. The second-order valence-corrected chi connectivity index (χ2v) is 8.98. The van der Waals surface area contributed by atoms with E-state index in [-0.39, 0.29) is 23.1 Å². The van der Waals surface area contributed by atoms with Gasteiger partial charge in [0.1, 0.15) is 10.6 Å². The first-order valence-corrected chi connectivity index (χ1v) is 11.1. The van der Waals surface area contributed by atoms with Crippen molar-refractivity contribution in [3.8, 4) is 0 Å². The third-order valence-electron chi connectivity index (χ3n) is 5.07. The Kier molecular flexibility index (Phi) is 6.91. The molecule has 0 radical (unpaired) electrons. The molecule has 162 valence electrons. The number of sulfonamides is 1. The molecule has 2 heterocycles. The number of carbonyl (C=O) groups excluding carboxylic acids is 2. The van der Waals surface area contributed by atoms with E-state index >= 15 is 0 Å². The topological polar surface area (TPSA) is 101 Å². The number of rotatable bonds is 7. The fourth-order valence-electron chi connectivity index (χ4n) is 3.29. The standard InChI is InChI=1S/C20H26N4O5S/c1-21-30(27,28)17-12-18(22(2)14-17)20(26)29-15-19(25)24-10-8-23(9-11-24)13-16-6-4-3-5-7-16/h3-7,12,14,21H,8-11,13,15H2,1-2H3. The van der Waals surface area contributed by atoms with Gasteiger partial charge in [0.25, 0.3) is 5.91 Å². The van der Waals surface area contributed by atoms with Crippen LogP contribution in [0.2, 0.25) is 0 Å². The Hall–Kier alpha value is -2.69. The molecule has 1 aromatic heterocycles. The maximum Gasteiger partial charge on any atom is 0.355 e. The summed E-state index contributed by atoms with van der Waals surface area (Å²) in [5.41, 5.74) is 1.29. The SMILES string of the molecule is CNS(=O)(=O)c1cc(C(=O)OCC(=O)N2CCN(Cc3ccccc3)CC2)n(C)c1. The number of hydrogen-bond donors (Lipinski definition) is 1. The first-order chi connectivity index (χ1) is 14.3. The van der Waals surface area contributed by atoms with E-state index in [9.17, 15) is 18.0 Å². The maximum atomic E-state index is 12.4. The number of benzene rings is 1. The molecule has 1 saturated heterocycles. The van der Waals surface area contributed by atoms with E-state index in [1.165, 1.54) is 29.4 Å². The van der Waals surface area contributed by atoms with Crippen LogP contribution in [0.1, 0.15) is 16.1 Å². The lowest BCUT2D eigenvalue weighted by atomic mass is 10.2. The number of piperazine rings is 1. The van der Waals surface area contributed by atoms with Crippen LogP contribution < -0.4 is 4.72 Å². The minimum absolute atomic E-state index is 0.0414. The van der Waals surface area contributed by atoms with Crippen molar-refractivity contribution in [1.82, 2.24) is 19.1 Å². The molecule has 9 nitrogen and oxygen atoms in total. The average Bonchev–Trinajstić information content (AvgIpc) is 3.15. The van der Waals surface area contributed by atoms with E-state index in [2.05, 4.69) is 21.8 Å². The molecule has 1 aliphatic rings. The molecule has 0 aliphatic carbocycles. The molecule has 2 aromatic rings. The molecule has 0 unspecified atom stereocenters. The lowest BCUT2D eigenvalue weighted by Crippen LogP contribution is -2.49. The zero-order valence-corrected chi connectivity index (χ0v) is 17.9. The number of ether oxygens (including phenoxy) is 1. The number of aromatic nitrogens is 1. The van der Waals surface area contributed by atoms with Gasteiger partial charge in [-0.25, -0.2) is 17.9 Å². The lowest BCUT2D eigenvalue weighted by Gasteiger charge is -2.34. The summed E-state index contributed by atoms with van der Waals surface area (Å²) in [7, 11) is -0.837. The van der Waals surface area contributed by atoms with Crippen LogP contribution in [0.5, 0.6) is 0 Å². The van der Waals surface area contributed by atoms with Crippen LogP contribution in [-0.4, -0.2) is 74.5 Å². The monoisotopic (exact) mass is 434 g/mol. The normalized spacial score (nSPS) is 15.2. The summed E-state index contributed by atoms with van der Waals surface area (Å²) in [5, 5.41) is 0. The van der Waals surface area contributed by atoms with Crippen molar-refractivity contribution < 1.29 is 22.7 Å². The highest BCUT2D eigenvalue weighted by Crippen LogP contribution is 2.14. The second-order valence-electron chi connectivity index (χ2n) is 7.10. The molecule has 30 heavy (non-hydrogen) atoms. The quantitative estimate of drug-likeness (QED) is 0.635. The highest BCUT2D eigenvalue weighted by molar-refractivity contribution is 7.89. The molecule has 1 fully saturated rings. The van der Waals surface area contributed by atoms with Crippen molar-refractivity contribution in [3.63, 3.8) is 0 Å². The summed E-state index contributed by atoms with van der Waals surface area (Å²) in [6.07, 6.45) is 1.32. The van der Waals surface area contributed by atoms with Crippen molar-refractivity contribution in [3.05, 3.63) is 53.9 Å². The largest absolute Gasteiger partial charge is 0.451 e. The van der Waals surface area contributed by atoms with Gasteiger partial charge in [0, 0.05) is 46.0 Å². The molecule has 0 saturated carbocycles. The Labute approximate surface area is 176 Å². The van der Waals surface area contributed by atoms with Crippen LogP contribution in [0.15, 0.2) is 47.5 Å². The highest BCUT2D eigenvalue weighted by Gasteiger charge is 2.24. The minimum Gasteiger partial charge on any atom is -0.451 e. The van der Waals surface area contributed by atoms with Gasteiger partial charge in [-0.1, -0.05) is 30.3 Å². The molecular formula is C20H26N4O5S. The minimum atomic E-state index is -3.67. The molecule has 10 heteroatoms. The van der Waals surface area contributed by atoms with Crippen molar-refractivity contribution in [1.29, 1.82) is 0 Å². The molecule has 1 aromatic carbocycles. The van der Waals surface area contributed by atoms with Crippen molar-refractivity contribution in [2.45, 2.75) is 11.4 Å². The van der Waals surface area contributed by atoms with Gasteiger partial charge in [-0.2, -0.15) is 0 Å². The number of hydrogen-bond acceptors (Lipinski definition) is 6. The number of carbonyl (C=O) groups is 2. The second kappa shape index (κ2) is 9.41. The van der Waals surface area contributed by atoms with Crippen molar-refractivity contribution >= 4 is 21.9 Å². The van der Waals surface area contributed by atoms with Gasteiger partial charge in [0.15, 0.2) is 6.61 Å². The van der Waals surface area contributed by atoms with Gasteiger partial charge < -0.3 is 14.2 Å². The predicted octanol–water partition coefficient (Wildman–Crippen LogP) is 0.434. The summed E-state index contributed by atoms with van der Waals surface area (Å²) in [6.45, 7) is 3.09. The Morgan fingerprint density at radius 3 is 2.40 bits per heavy atom. The maximum absolute atomic E-state index is 12.4. The molecule has 0 bridgehead atoms. The van der Waals surface area contributed by atoms with Gasteiger partial charge >= 0.3 is 5.97 Å². The zero-order valence-electron chi connectivity index (χ0n) is 17.1. The predicted molar refractivity (Wildman–Crippen MR) is 110 cm³/mol. The molecule has 1 N–H and O–H groups in total. The van der Waals surface area contributed by atoms with Crippen LogP contribution in [-0.2, 0) is 33.1 Å². The Morgan fingerprint density at radius 2 is 1.77 bits per heavy atom. The molecule has 3 rings (SSSR count). The van der Waals surface area contributed by atoms with Crippen LogP contribution >= 0.6 is 0 Å². The molecule has 0 atom stereocenters. The smallest absolute Gasteiger partial charge is 0.355 e. The van der Waals surface area contributed by atoms with E-state index in [1.807, 2.05) is 18.2 Å². The van der Waals surface area contributed by atoms with E-state index < -0.39 is 16.0 Å². The first kappa shape index (κ1) is 22.0. The number of esters is 1. The van der Waals surface area contributed by atoms with Crippen LogP contribution in [0.4, 0.5) is 0 Å². The lowest BCUT2D eigenvalue weighted by molar-refractivity contribution is -0.136. The van der Waals surface area contributed by atoms with Gasteiger partial charge in [0.05, 0.1) is 0 Å². The van der Waals surface area contributed by atoms with Crippen LogP contribution in [0, 0.1) is 0 Å². The third kappa shape index (κ3) is 5.26. The summed E-state index contributed by atoms with van der Waals surface area (Å²) < 4.78 is 32.4. The highest BCUT2D eigenvalue weighted by atomic mass is 32.2. The molecule has 1 amide bonds. The number of amides is 1. The van der Waals surface area contributed by atoms with Crippen molar-refractivity contribution in [2.75, 3.05) is 39.8 Å². The van der Waals surface area contributed by atoms with Gasteiger partial charge in [-0.05, 0) is 18.7 Å². The third-order valence-corrected chi connectivity index (χ3v) is 6.45. The molecule has 0 spiro atoms. The van der Waals surface area contributed by atoms with E-state index in [0.717, 1.165) is 19.6 Å².